The average molecular weight is 327 g/mol. The summed E-state index contributed by atoms with van der Waals surface area (Å²) in [6.45, 7) is 4.83. The van der Waals surface area contributed by atoms with E-state index in [-0.39, 0.29) is 12.5 Å². The van der Waals surface area contributed by atoms with E-state index < -0.39 is 5.97 Å². The van der Waals surface area contributed by atoms with E-state index in [9.17, 15) is 9.59 Å². The van der Waals surface area contributed by atoms with E-state index in [1.54, 1.807) is 12.1 Å². The van der Waals surface area contributed by atoms with Crippen LogP contribution >= 0.6 is 0 Å². The van der Waals surface area contributed by atoms with Crippen LogP contribution in [0.3, 0.4) is 0 Å². The molecular formula is C18H21N3O3. The van der Waals surface area contributed by atoms with Gasteiger partial charge in [-0.1, -0.05) is 18.2 Å². The minimum Gasteiger partial charge on any atom is -0.466 e. The lowest BCUT2D eigenvalue weighted by molar-refractivity contribution is -0.134. The van der Waals surface area contributed by atoms with Crippen LogP contribution in [0.2, 0.25) is 0 Å². The smallest absolute Gasteiger partial charge is 0.330 e. The molecule has 1 aromatic heterocycles. The lowest BCUT2D eigenvalue weighted by Crippen LogP contribution is -2.23. The number of ether oxygens (including phenoxy) is 1. The zero-order chi connectivity index (χ0) is 17.5. The molecule has 6 nitrogen and oxygen atoms in total. The molecule has 0 radical (unpaired) electrons. The first kappa shape index (κ1) is 17.5. The van der Waals surface area contributed by atoms with Crippen LogP contribution in [0.15, 0.2) is 42.5 Å². The van der Waals surface area contributed by atoms with Crippen molar-refractivity contribution in [3.05, 3.63) is 65.0 Å². The Morgan fingerprint density at radius 1 is 1.29 bits per heavy atom. The van der Waals surface area contributed by atoms with Gasteiger partial charge in [0.1, 0.15) is 0 Å². The Bertz CT molecular complexity index is 763. The lowest BCUT2D eigenvalue weighted by Gasteiger charge is -2.07. The van der Waals surface area contributed by atoms with Crippen molar-refractivity contribution in [1.82, 2.24) is 15.1 Å². The van der Waals surface area contributed by atoms with Crippen molar-refractivity contribution in [2.45, 2.75) is 20.4 Å². The fourth-order valence-electron chi connectivity index (χ4n) is 2.30. The van der Waals surface area contributed by atoms with E-state index in [0.717, 1.165) is 17.0 Å². The molecule has 1 N–H and O–H groups in total. The summed E-state index contributed by atoms with van der Waals surface area (Å²) < 4.78 is 6.39. The fraction of sp³-hybridized carbons (Fsp3) is 0.278. The number of aromatic nitrogens is 2. The van der Waals surface area contributed by atoms with Crippen LogP contribution in [0.5, 0.6) is 0 Å². The van der Waals surface area contributed by atoms with Gasteiger partial charge in [0.25, 0.3) is 5.91 Å². The van der Waals surface area contributed by atoms with Crippen LogP contribution in [-0.4, -0.2) is 35.3 Å². The Hall–Kier alpha value is -2.89. The van der Waals surface area contributed by atoms with Gasteiger partial charge in [-0.25, -0.2) is 4.79 Å². The minimum atomic E-state index is -0.448. The van der Waals surface area contributed by atoms with Crippen molar-refractivity contribution in [2.75, 3.05) is 13.7 Å². The summed E-state index contributed by atoms with van der Waals surface area (Å²) >= 11 is 0. The third-order valence-corrected chi connectivity index (χ3v) is 3.46. The molecule has 0 aliphatic rings. The van der Waals surface area contributed by atoms with Crippen LogP contribution in [0.1, 0.15) is 27.3 Å². The molecule has 1 heterocycles. The fourth-order valence-corrected chi connectivity index (χ4v) is 2.30. The Balaban J connectivity index is 1.99. The number of benzene rings is 1. The number of methoxy groups -OCH3 is 1. The molecule has 1 aromatic carbocycles. The lowest BCUT2D eigenvalue weighted by atomic mass is 10.1. The summed E-state index contributed by atoms with van der Waals surface area (Å²) in [5, 5.41) is 7.16. The first-order valence-electron chi connectivity index (χ1n) is 7.62. The van der Waals surface area contributed by atoms with Crippen molar-refractivity contribution < 1.29 is 14.3 Å². The maximum absolute atomic E-state index is 12.2. The second-order valence-corrected chi connectivity index (χ2v) is 5.42. The molecule has 6 heteroatoms. The summed E-state index contributed by atoms with van der Waals surface area (Å²) in [5.41, 5.74) is 3.62. The zero-order valence-electron chi connectivity index (χ0n) is 14.1. The first-order valence-corrected chi connectivity index (χ1v) is 7.62. The van der Waals surface area contributed by atoms with Crippen LogP contribution < -0.4 is 5.32 Å². The largest absolute Gasteiger partial charge is 0.466 e. The van der Waals surface area contributed by atoms with Gasteiger partial charge in [-0.05, 0) is 37.6 Å². The number of amides is 1. The Labute approximate surface area is 141 Å². The highest BCUT2D eigenvalue weighted by Crippen LogP contribution is 2.10. The van der Waals surface area contributed by atoms with Gasteiger partial charge in [0.05, 0.1) is 19.3 Å². The van der Waals surface area contributed by atoms with E-state index in [4.69, 9.17) is 0 Å². The maximum Gasteiger partial charge on any atom is 0.330 e. The van der Waals surface area contributed by atoms with Gasteiger partial charge in [0, 0.05) is 23.9 Å². The molecule has 1 amide bonds. The number of aryl methyl sites for hydroxylation is 2. The summed E-state index contributed by atoms with van der Waals surface area (Å²) in [5.74, 6) is -0.643. The third kappa shape index (κ3) is 4.81. The van der Waals surface area contributed by atoms with Crippen molar-refractivity contribution >= 4 is 11.9 Å². The minimum absolute atomic E-state index is 0.195. The quantitative estimate of drug-likeness (QED) is 0.651. The van der Waals surface area contributed by atoms with Gasteiger partial charge in [-0.15, -0.1) is 0 Å². The molecule has 0 bridgehead atoms. The standard InChI is InChI=1S/C18H21N3O3/c1-13-10-14(2)21(20-13)12-15-6-4-7-16(11-15)18(23)19-9-5-8-17(22)24-3/h4-8,10-11H,9,12H2,1-3H3,(H,19,23)/b8-5+. The zero-order valence-corrected chi connectivity index (χ0v) is 14.1. The van der Waals surface area contributed by atoms with Crippen LogP contribution in [-0.2, 0) is 16.1 Å². The molecule has 2 aromatic rings. The SMILES string of the molecule is COC(=O)/C=C/CNC(=O)c1cccc(Cn2nc(C)cc2C)c1. The van der Waals surface area contributed by atoms with E-state index >= 15 is 0 Å². The second-order valence-electron chi connectivity index (χ2n) is 5.42. The topological polar surface area (TPSA) is 73.2 Å². The van der Waals surface area contributed by atoms with Crippen molar-refractivity contribution in [3.8, 4) is 0 Å². The summed E-state index contributed by atoms with van der Waals surface area (Å²) in [4.78, 5) is 23.1. The Morgan fingerprint density at radius 2 is 2.08 bits per heavy atom. The van der Waals surface area contributed by atoms with Crippen LogP contribution in [0, 0.1) is 13.8 Å². The van der Waals surface area contributed by atoms with Gasteiger partial charge in [-0.3, -0.25) is 9.48 Å². The molecule has 0 unspecified atom stereocenters. The molecule has 0 atom stereocenters. The highest BCUT2D eigenvalue weighted by molar-refractivity contribution is 5.94. The second kappa shape index (κ2) is 8.10. The molecule has 0 spiro atoms. The van der Waals surface area contributed by atoms with Crippen LogP contribution in [0.4, 0.5) is 0 Å². The Morgan fingerprint density at radius 3 is 2.75 bits per heavy atom. The Kier molecular flexibility index (Phi) is 5.89. The summed E-state index contributed by atoms with van der Waals surface area (Å²) in [7, 11) is 1.31. The number of nitrogens with one attached hydrogen (secondary N) is 1. The van der Waals surface area contributed by atoms with Gasteiger partial charge >= 0.3 is 5.97 Å². The molecule has 2 rings (SSSR count). The van der Waals surface area contributed by atoms with E-state index in [1.807, 2.05) is 42.8 Å². The summed E-state index contributed by atoms with van der Waals surface area (Å²) in [6, 6.07) is 9.43. The molecule has 126 valence electrons. The number of nitrogens with zero attached hydrogens (tertiary/aromatic N) is 2. The molecule has 0 saturated heterocycles. The number of carbonyl (C=O) groups is 2. The van der Waals surface area contributed by atoms with Gasteiger partial charge in [0.2, 0.25) is 0 Å². The molecule has 24 heavy (non-hydrogen) atoms. The van der Waals surface area contributed by atoms with Crippen LogP contribution in [0.25, 0.3) is 0 Å². The highest BCUT2D eigenvalue weighted by atomic mass is 16.5. The molecule has 0 aliphatic heterocycles. The van der Waals surface area contributed by atoms with Crippen molar-refractivity contribution in [1.29, 1.82) is 0 Å². The van der Waals surface area contributed by atoms with Gasteiger partial charge in [0.15, 0.2) is 0 Å². The third-order valence-electron chi connectivity index (χ3n) is 3.46. The predicted octanol–water partition coefficient (Wildman–Crippen LogP) is 2.01. The van der Waals surface area contributed by atoms with Crippen molar-refractivity contribution in [3.63, 3.8) is 0 Å². The number of rotatable bonds is 6. The normalized spacial score (nSPS) is 10.8. The highest BCUT2D eigenvalue weighted by Gasteiger charge is 2.07. The number of carbonyl (C=O) groups excluding carboxylic acids is 2. The molecule has 0 fully saturated rings. The number of esters is 1. The van der Waals surface area contributed by atoms with Crippen molar-refractivity contribution in [2.24, 2.45) is 0 Å². The predicted molar refractivity (Wildman–Crippen MR) is 90.7 cm³/mol. The average Bonchev–Trinajstić information content (AvgIpc) is 2.88. The van der Waals surface area contributed by atoms with Gasteiger partial charge < -0.3 is 10.1 Å². The van der Waals surface area contributed by atoms with Gasteiger partial charge in [-0.2, -0.15) is 5.10 Å². The monoisotopic (exact) mass is 327 g/mol. The molecule has 0 saturated carbocycles. The molecular weight excluding hydrogens is 306 g/mol. The number of hydrogen-bond donors (Lipinski definition) is 1. The van der Waals surface area contributed by atoms with E-state index in [0.29, 0.717) is 12.1 Å². The molecule has 0 aliphatic carbocycles. The number of hydrogen-bond acceptors (Lipinski definition) is 4. The first-order chi connectivity index (χ1) is 11.5. The summed E-state index contributed by atoms with van der Waals surface area (Å²) in [6.07, 6.45) is 2.82. The van der Waals surface area contributed by atoms with E-state index in [1.165, 1.54) is 13.2 Å². The maximum atomic E-state index is 12.2. The van der Waals surface area contributed by atoms with E-state index in [2.05, 4.69) is 15.2 Å².